The van der Waals surface area contributed by atoms with Gasteiger partial charge in [-0.25, -0.2) is 14.4 Å². The smallest absolute Gasteiger partial charge is 0.266 e. The molecule has 0 aliphatic carbocycles. The van der Waals surface area contributed by atoms with Gasteiger partial charge in [-0.2, -0.15) is 0 Å². The fraction of sp³-hybridized carbons (Fsp3) is 0.167. The molecule has 1 amide bonds. The Morgan fingerprint density at radius 1 is 1.32 bits per heavy atom. The number of hydrogen-bond donors (Lipinski definition) is 0. The van der Waals surface area contributed by atoms with E-state index in [2.05, 4.69) is 9.98 Å². The van der Waals surface area contributed by atoms with Crippen molar-refractivity contribution in [3.8, 4) is 0 Å². The van der Waals surface area contributed by atoms with Crippen LogP contribution in [0.4, 0.5) is 10.2 Å². The third-order valence-electron chi connectivity index (χ3n) is 3.56. The number of thioether (sulfide) groups is 1. The number of amidine groups is 1. The van der Waals surface area contributed by atoms with Crippen LogP contribution >= 0.6 is 23.4 Å². The van der Waals surface area contributed by atoms with Crippen LogP contribution < -0.4 is 0 Å². The van der Waals surface area contributed by atoms with Gasteiger partial charge in [0, 0.05) is 17.8 Å². The van der Waals surface area contributed by atoms with E-state index in [1.54, 1.807) is 12.1 Å². The third kappa shape index (κ3) is 3.75. The molecule has 0 N–H and O–H groups in total. The number of hydrogen-bond acceptors (Lipinski definition) is 4. The minimum Gasteiger partial charge on any atom is -0.287 e. The third-order valence-corrected chi connectivity index (χ3v) is 4.90. The SMILES string of the molecule is CCN1C(=O)/C(=C/c2c(F)cccc2Cl)S/C1=N/c1cccc(C)n1. The summed E-state index contributed by atoms with van der Waals surface area (Å²) in [6.45, 7) is 4.19. The molecule has 1 aliphatic rings. The Kier molecular flexibility index (Phi) is 5.20. The van der Waals surface area contributed by atoms with Gasteiger partial charge in [-0.3, -0.25) is 9.69 Å². The van der Waals surface area contributed by atoms with E-state index in [0.29, 0.717) is 22.4 Å². The molecule has 2 heterocycles. The van der Waals surface area contributed by atoms with E-state index < -0.39 is 5.82 Å². The zero-order valence-corrected chi connectivity index (χ0v) is 15.2. The highest BCUT2D eigenvalue weighted by Crippen LogP contribution is 2.35. The molecule has 128 valence electrons. The van der Waals surface area contributed by atoms with Gasteiger partial charge in [0.25, 0.3) is 5.91 Å². The maximum Gasteiger partial charge on any atom is 0.266 e. The van der Waals surface area contributed by atoms with E-state index >= 15 is 0 Å². The van der Waals surface area contributed by atoms with Crippen molar-refractivity contribution in [3.05, 3.63) is 63.4 Å². The lowest BCUT2D eigenvalue weighted by molar-refractivity contribution is -0.122. The van der Waals surface area contributed by atoms with Gasteiger partial charge in [0.05, 0.1) is 9.93 Å². The van der Waals surface area contributed by atoms with Crippen LogP contribution in [0.5, 0.6) is 0 Å². The summed E-state index contributed by atoms with van der Waals surface area (Å²) in [6.07, 6.45) is 1.47. The number of aliphatic imine (C=N–C) groups is 1. The number of pyridine rings is 1. The largest absolute Gasteiger partial charge is 0.287 e. The van der Waals surface area contributed by atoms with Crippen molar-refractivity contribution in [1.82, 2.24) is 9.88 Å². The highest BCUT2D eigenvalue weighted by Gasteiger charge is 2.32. The molecule has 0 spiro atoms. The lowest BCUT2D eigenvalue weighted by atomic mass is 10.2. The minimum absolute atomic E-state index is 0.200. The van der Waals surface area contributed by atoms with Crippen molar-refractivity contribution >= 4 is 46.3 Å². The zero-order chi connectivity index (χ0) is 18.0. The average Bonchev–Trinajstić information content (AvgIpc) is 2.86. The van der Waals surface area contributed by atoms with Crippen LogP contribution in [0.2, 0.25) is 5.02 Å². The zero-order valence-electron chi connectivity index (χ0n) is 13.7. The molecule has 25 heavy (non-hydrogen) atoms. The second-order valence-corrected chi connectivity index (χ2v) is 6.74. The fourth-order valence-electron chi connectivity index (χ4n) is 2.34. The summed E-state index contributed by atoms with van der Waals surface area (Å²) in [6, 6.07) is 9.93. The van der Waals surface area contributed by atoms with Crippen molar-refractivity contribution in [2.75, 3.05) is 6.54 Å². The molecular formula is C18H15ClFN3OS. The number of aromatic nitrogens is 1. The van der Waals surface area contributed by atoms with Gasteiger partial charge in [0.1, 0.15) is 5.82 Å². The number of halogens is 2. The number of nitrogens with zero attached hydrogens (tertiary/aromatic N) is 3. The first-order valence-electron chi connectivity index (χ1n) is 7.67. The Morgan fingerprint density at radius 2 is 2.08 bits per heavy atom. The second kappa shape index (κ2) is 7.37. The summed E-state index contributed by atoms with van der Waals surface area (Å²) in [5, 5.41) is 0.777. The Balaban J connectivity index is 1.99. The molecule has 2 aromatic rings. The van der Waals surface area contributed by atoms with E-state index in [9.17, 15) is 9.18 Å². The van der Waals surface area contributed by atoms with Crippen LogP contribution in [-0.2, 0) is 4.79 Å². The first kappa shape index (κ1) is 17.6. The molecule has 0 bridgehead atoms. The maximum absolute atomic E-state index is 14.0. The lowest BCUT2D eigenvalue weighted by Crippen LogP contribution is -2.28. The summed E-state index contributed by atoms with van der Waals surface area (Å²) < 4.78 is 14.0. The summed E-state index contributed by atoms with van der Waals surface area (Å²) in [5.41, 5.74) is 1.04. The van der Waals surface area contributed by atoms with Gasteiger partial charge in [-0.15, -0.1) is 0 Å². The number of likely N-dealkylation sites (N-methyl/N-ethyl adjacent to an activating group) is 1. The van der Waals surface area contributed by atoms with Crippen molar-refractivity contribution in [1.29, 1.82) is 0 Å². The fourth-order valence-corrected chi connectivity index (χ4v) is 3.59. The average molecular weight is 376 g/mol. The van der Waals surface area contributed by atoms with E-state index in [1.807, 2.05) is 26.0 Å². The predicted molar refractivity (Wildman–Crippen MR) is 100 cm³/mol. The maximum atomic E-state index is 14.0. The molecule has 0 unspecified atom stereocenters. The number of aryl methyl sites for hydroxylation is 1. The minimum atomic E-state index is -0.470. The molecule has 0 saturated carbocycles. The van der Waals surface area contributed by atoms with Gasteiger partial charge in [-0.1, -0.05) is 23.7 Å². The highest BCUT2D eigenvalue weighted by molar-refractivity contribution is 8.18. The van der Waals surface area contributed by atoms with Crippen LogP contribution in [0.3, 0.4) is 0 Å². The van der Waals surface area contributed by atoms with Gasteiger partial charge in [0.15, 0.2) is 11.0 Å². The highest BCUT2D eigenvalue weighted by atomic mass is 35.5. The summed E-state index contributed by atoms with van der Waals surface area (Å²) in [7, 11) is 0. The van der Waals surface area contributed by atoms with E-state index in [1.165, 1.54) is 34.9 Å². The monoisotopic (exact) mass is 375 g/mol. The number of carbonyl (C=O) groups excluding carboxylic acids is 1. The standard InChI is InChI=1S/C18H15ClFN3OS/c1-3-23-17(24)15(10-12-13(19)7-5-8-14(12)20)25-18(23)22-16-9-4-6-11(2)21-16/h4-10H,3H2,1-2H3/b15-10-,22-18+. The topological polar surface area (TPSA) is 45.6 Å². The molecule has 1 aromatic carbocycles. The Labute approximate surface area is 154 Å². The molecule has 0 atom stereocenters. The number of rotatable bonds is 3. The summed E-state index contributed by atoms with van der Waals surface area (Å²) in [5.74, 6) is -0.167. The number of carbonyl (C=O) groups is 1. The molecular weight excluding hydrogens is 361 g/mol. The van der Waals surface area contributed by atoms with Crippen molar-refractivity contribution in [3.63, 3.8) is 0 Å². The normalized spacial score (nSPS) is 17.8. The van der Waals surface area contributed by atoms with Crippen molar-refractivity contribution in [2.24, 2.45) is 4.99 Å². The lowest BCUT2D eigenvalue weighted by Gasteiger charge is -2.11. The van der Waals surface area contributed by atoms with Crippen molar-refractivity contribution < 1.29 is 9.18 Å². The molecule has 3 rings (SSSR count). The van der Waals surface area contributed by atoms with E-state index in [4.69, 9.17) is 11.6 Å². The van der Waals surface area contributed by atoms with Crippen LogP contribution in [0.1, 0.15) is 18.2 Å². The van der Waals surface area contributed by atoms with Crippen LogP contribution in [0.15, 0.2) is 46.3 Å². The van der Waals surface area contributed by atoms with Gasteiger partial charge < -0.3 is 0 Å². The van der Waals surface area contributed by atoms with Gasteiger partial charge in [0.2, 0.25) is 0 Å². The molecule has 1 aliphatic heterocycles. The van der Waals surface area contributed by atoms with E-state index in [-0.39, 0.29) is 16.5 Å². The summed E-state index contributed by atoms with van der Waals surface area (Å²) in [4.78, 5) is 23.3. The molecule has 1 fully saturated rings. The van der Waals surface area contributed by atoms with Gasteiger partial charge >= 0.3 is 0 Å². The van der Waals surface area contributed by atoms with Crippen LogP contribution in [0.25, 0.3) is 6.08 Å². The molecule has 0 radical (unpaired) electrons. The van der Waals surface area contributed by atoms with Crippen LogP contribution in [-0.4, -0.2) is 27.5 Å². The van der Waals surface area contributed by atoms with Gasteiger partial charge in [-0.05, 0) is 56.0 Å². The number of amides is 1. The first-order valence-corrected chi connectivity index (χ1v) is 8.87. The molecule has 1 saturated heterocycles. The number of benzene rings is 1. The molecule has 4 nitrogen and oxygen atoms in total. The molecule has 1 aromatic heterocycles. The Hall–Kier alpha value is -2.18. The Bertz CT molecular complexity index is 877. The predicted octanol–water partition coefficient (Wildman–Crippen LogP) is 4.81. The summed E-state index contributed by atoms with van der Waals surface area (Å²) >= 11 is 7.24. The Morgan fingerprint density at radius 3 is 2.76 bits per heavy atom. The van der Waals surface area contributed by atoms with Crippen molar-refractivity contribution in [2.45, 2.75) is 13.8 Å². The first-order chi connectivity index (χ1) is 12.0. The second-order valence-electron chi connectivity index (χ2n) is 5.33. The van der Waals surface area contributed by atoms with E-state index in [0.717, 1.165) is 5.69 Å². The molecule has 7 heteroatoms. The van der Waals surface area contributed by atoms with Crippen LogP contribution in [0, 0.1) is 12.7 Å². The quantitative estimate of drug-likeness (QED) is 0.723.